The van der Waals surface area contributed by atoms with Gasteiger partial charge in [0.25, 0.3) is 0 Å². The van der Waals surface area contributed by atoms with Gasteiger partial charge in [-0.05, 0) is 49.6 Å². The molecule has 3 nitrogen and oxygen atoms in total. The van der Waals surface area contributed by atoms with Gasteiger partial charge in [-0.1, -0.05) is 30.3 Å². The zero-order valence-electron chi connectivity index (χ0n) is 14.3. The summed E-state index contributed by atoms with van der Waals surface area (Å²) in [6, 6.07) is 16.1. The fraction of sp³-hybridized carbons (Fsp3) is 0.368. The van der Waals surface area contributed by atoms with Gasteiger partial charge < -0.3 is 10.1 Å². The van der Waals surface area contributed by atoms with Crippen LogP contribution >= 0.6 is 0 Å². The van der Waals surface area contributed by atoms with Gasteiger partial charge in [-0.15, -0.1) is 0 Å². The highest BCUT2D eigenvalue weighted by Gasteiger charge is 2.19. The molecule has 4 heteroatoms. The number of para-hydroxylation sites is 1. The summed E-state index contributed by atoms with van der Waals surface area (Å²) in [7, 11) is 0.784. The Labute approximate surface area is 141 Å². The topological polar surface area (TPSA) is 38.3 Å². The third-order valence-corrected chi connectivity index (χ3v) is 4.79. The van der Waals surface area contributed by atoms with E-state index in [1.165, 1.54) is 11.1 Å². The highest BCUT2D eigenvalue weighted by atomic mass is 32.2. The molecule has 0 spiro atoms. The number of benzene rings is 2. The third kappa shape index (κ3) is 5.19. The first-order valence-electron chi connectivity index (χ1n) is 7.70. The molecular weight excluding hydrogens is 306 g/mol. The van der Waals surface area contributed by atoms with Gasteiger partial charge in [0, 0.05) is 34.0 Å². The van der Waals surface area contributed by atoms with Gasteiger partial charge in [0.1, 0.15) is 5.75 Å². The molecule has 2 rings (SSSR count). The first kappa shape index (κ1) is 17.7. The van der Waals surface area contributed by atoms with Crippen LogP contribution in [0, 0.1) is 0 Å². The summed E-state index contributed by atoms with van der Waals surface area (Å²) >= 11 is 0. The van der Waals surface area contributed by atoms with Gasteiger partial charge in [0.15, 0.2) is 0 Å². The van der Waals surface area contributed by atoms with Crippen molar-refractivity contribution in [2.45, 2.75) is 37.2 Å². The van der Waals surface area contributed by atoms with E-state index in [1.807, 2.05) is 42.5 Å². The Kier molecular flexibility index (Phi) is 5.97. The number of nitrogens with one attached hydrogen (secondary N) is 1. The number of ether oxygens (including phenoxy) is 1. The predicted octanol–water partition coefficient (Wildman–Crippen LogP) is 3.54. The number of hydrogen-bond acceptors (Lipinski definition) is 3. The monoisotopic (exact) mass is 331 g/mol. The van der Waals surface area contributed by atoms with Crippen molar-refractivity contribution in [3.8, 4) is 5.75 Å². The van der Waals surface area contributed by atoms with Gasteiger partial charge in [0.2, 0.25) is 0 Å². The van der Waals surface area contributed by atoms with E-state index in [4.69, 9.17) is 4.74 Å². The van der Waals surface area contributed by atoms with Crippen LogP contribution in [0.5, 0.6) is 5.75 Å². The summed E-state index contributed by atoms with van der Waals surface area (Å²) in [5, 5.41) is 3.59. The van der Waals surface area contributed by atoms with E-state index in [0.29, 0.717) is 0 Å². The molecule has 0 aliphatic carbocycles. The second-order valence-electron chi connectivity index (χ2n) is 6.32. The predicted molar refractivity (Wildman–Crippen MR) is 96.4 cm³/mol. The molecule has 0 aliphatic rings. The summed E-state index contributed by atoms with van der Waals surface area (Å²) in [6.07, 6.45) is 2.58. The van der Waals surface area contributed by atoms with Crippen LogP contribution in [-0.2, 0) is 23.8 Å². The van der Waals surface area contributed by atoms with Crippen LogP contribution in [0.4, 0.5) is 0 Å². The van der Waals surface area contributed by atoms with Crippen LogP contribution in [0.3, 0.4) is 0 Å². The molecule has 0 heterocycles. The first-order chi connectivity index (χ1) is 10.9. The van der Waals surface area contributed by atoms with Crippen LogP contribution in [0.25, 0.3) is 0 Å². The van der Waals surface area contributed by atoms with E-state index in [1.54, 1.807) is 13.4 Å². The zero-order valence-corrected chi connectivity index (χ0v) is 15.1. The lowest BCUT2D eigenvalue weighted by Crippen LogP contribution is -2.40. The molecule has 0 unspecified atom stereocenters. The van der Waals surface area contributed by atoms with Crippen molar-refractivity contribution < 1.29 is 8.95 Å². The maximum atomic E-state index is 11.4. The van der Waals surface area contributed by atoms with Crippen molar-refractivity contribution in [3.63, 3.8) is 0 Å². The SMILES string of the molecule is COc1ccccc1CC(C)(C)NCc1ccc([S@](C)=O)cc1. The van der Waals surface area contributed by atoms with Crippen molar-refractivity contribution in [2.75, 3.05) is 13.4 Å². The standard InChI is InChI=1S/C19H25NO2S/c1-19(2,13-16-7-5-6-8-18(16)22-3)20-14-15-9-11-17(12-10-15)23(4)21/h5-12,20H,13-14H2,1-4H3/t23-/m0/s1. The quantitative estimate of drug-likeness (QED) is 0.843. The van der Waals surface area contributed by atoms with E-state index in [9.17, 15) is 4.21 Å². The smallest absolute Gasteiger partial charge is 0.122 e. The molecule has 1 atom stereocenters. The number of hydrogen-bond donors (Lipinski definition) is 1. The fourth-order valence-electron chi connectivity index (χ4n) is 2.53. The molecule has 124 valence electrons. The number of methoxy groups -OCH3 is 1. The zero-order chi connectivity index (χ0) is 16.9. The minimum atomic E-state index is -0.923. The number of rotatable bonds is 7. The molecule has 23 heavy (non-hydrogen) atoms. The van der Waals surface area contributed by atoms with Crippen LogP contribution in [0.1, 0.15) is 25.0 Å². The summed E-state index contributed by atoms with van der Waals surface area (Å²) in [5.74, 6) is 0.928. The molecule has 0 radical (unpaired) electrons. The molecule has 2 aromatic carbocycles. The lowest BCUT2D eigenvalue weighted by Gasteiger charge is -2.27. The second kappa shape index (κ2) is 7.75. The first-order valence-corrected chi connectivity index (χ1v) is 9.26. The lowest BCUT2D eigenvalue weighted by molar-refractivity contribution is 0.367. The third-order valence-electron chi connectivity index (χ3n) is 3.85. The molecule has 0 bridgehead atoms. The van der Waals surface area contributed by atoms with Gasteiger partial charge >= 0.3 is 0 Å². The molecule has 0 saturated heterocycles. The second-order valence-corrected chi connectivity index (χ2v) is 7.70. The van der Waals surface area contributed by atoms with E-state index in [2.05, 4.69) is 25.2 Å². The Morgan fingerprint density at radius 2 is 1.74 bits per heavy atom. The van der Waals surface area contributed by atoms with Crippen LogP contribution in [0.2, 0.25) is 0 Å². The molecule has 0 amide bonds. The van der Waals surface area contributed by atoms with Crippen LogP contribution < -0.4 is 10.1 Å². The van der Waals surface area contributed by atoms with E-state index >= 15 is 0 Å². The Morgan fingerprint density at radius 3 is 2.35 bits per heavy atom. The van der Waals surface area contributed by atoms with Crippen molar-refractivity contribution in [2.24, 2.45) is 0 Å². The largest absolute Gasteiger partial charge is 0.496 e. The van der Waals surface area contributed by atoms with Crippen LogP contribution in [0.15, 0.2) is 53.4 Å². The molecule has 0 aromatic heterocycles. The fourth-order valence-corrected chi connectivity index (χ4v) is 3.05. The lowest BCUT2D eigenvalue weighted by atomic mass is 9.94. The van der Waals surface area contributed by atoms with Crippen molar-refractivity contribution in [1.29, 1.82) is 0 Å². The molecule has 0 saturated carbocycles. The van der Waals surface area contributed by atoms with Crippen molar-refractivity contribution in [3.05, 3.63) is 59.7 Å². The average Bonchev–Trinajstić information content (AvgIpc) is 2.53. The van der Waals surface area contributed by atoms with Gasteiger partial charge in [-0.2, -0.15) is 0 Å². The Morgan fingerprint density at radius 1 is 1.09 bits per heavy atom. The molecule has 2 aromatic rings. The maximum Gasteiger partial charge on any atom is 0.122 e. The van der Waals surface area contributed by atoms with Gasteiger partial charge in [0.05, 0.1) is 7.11 Å². The highest BCUT2D eigenvalue weighted by Crippen LogP contribution is 2.23. The van der Waals surface area contributed by atoms with Crippen molar-refractivity contribution in [1.82, 2.24) is 5.32 Å². The summed E-state index contributed by atoms with van der Waals surface area (Å²) < 4.78 is 16.9. The average molecular weight is 331 g/mol. The van der Waals surface area contributed by atoms with E-state index in [-0.39, 0.29) is 5.54 Å². The van der Waals surface area contributed by atoms with Crippen molar-refractivity contribution >= 4 is 10.8 Å². The van der Waals surface area contributed by atoms with Crippen LogP contribution in [-0.4, -0.2) is 23.1 Å². The Hall–Kier alpha value is -1.65. The summed E-state index contributed by atoms with van der Waals surface area (Å²) in [4.78, 5) is 0.863. The normalized spacial score (nSPS) is 12.9. The summed E-state index contributed by atoms with van der Waals surface area (Å²) in [5.41, 5.74) is 2.33. The van der Waals surface area contributed by atoms with E-state index < -0.39 is 10.8 Å². The maximum absolute atomic E-state index is 11.4. The highest BCUT2D eigenvalue weighted by molar-refractivity contribution is 7.84. The molecule has 0 aliphatic heterocycles. The Bertz CT molecular complexity index is 665. The van der Waals surface area contributed by atoms with E-state index in [0.717, 1.165) is 23.6 Å². The van der Waals surface area contributed by atoms with Gasteiger partial charge in [-0.3, -0.25) is 4.21 Å². The molecular formula is C19H25NO2S. The molecule has 0 fully saturated rings. The Balaban J connectivity index is 1.99. The van der Waals surface area contributed by atoms with Gasteiger partial charge in [-0.25, -0.2) is 0 Å². The summed E-state index contributed by atoms with van der Waals surface area (Å²) in [6.45, 7) is 5.16. The minimum Gasteiger partial charge on any atom is -0.496 e. The minimum absolute atomic E-state index is 0.0547. The molecule has 1 N–H and O–H groups in total.